The van der Waals surface area contributed by atoms with Crippen LogP contribution in [0.4, 0.5) is 11.4 Å². The molecule has 3 N–H and O–H groups in total. The van der Waals surface area contributed by atoms with Gasteiger partial charge in [0.05, 0.1) is 11.4 Å². The third-order valence-electron chi connectivity index (χ3n) is 4.19. The Bertz CT molecular complexity index is 1000. The van der Waals surface area contributed by atoms with E-state index in [4.69, 9.17) is 10.1 Å². The van der Waals surface area contributed by atoms with Crippen molar-refractivity contribution < 1.29 is 4.74 Å². The smallest absolute Gasteiger partial charge is 0.237 e. The number of anilines is 2. The molecule has 3 aromatic rings. The Labute approximate surface area is 163 Å². The number of hydrazone groups is 2. The number of hydrogen-bond donors (Lipinski definition) is 3. The van der Waals surface area contributed by atoms with Crippen LogP contribution in [-0.2, 0) is 4.74 Å². The summed E-state index contributed by atoms with van der Waals surface area (Å²) >= 11 is 0. The monoisotopic (exact) mass is 369 g/mol. The van der Waals surface area contributed by atoms with Crippen molar-refractivity contribution in [3.05, 3.63) is 96.6 Å². The maximum atomic E-state index is 8.26. The van der Waals surface area contributed by atoms with Gasteiger partial charge in [-0.2, -0.15) is 10.2 Å². The van der Waals surface area contributed by atoms with Gasteiger partial charge in [0.25, 0.3) is 0 Å². The van der Waals surface area contributed by atoms with Gasteiger partial charge in [-0.15, -0.1) is 0 Å². The molecule has 3 aromatic carbocycles. The van der Waals surface area contributed by atoms with Crippen LogP contribution in [0.15, 0.2) is 101 Å². The van der Waals surface area contributed by atoms with Gasteiger partial charge < -0.3 is 4.74 Å². The van der Waals surface area contributed by atoms with E-state index in [-0.39, 0.29) is 5.90 Å². The second-order valence-electron chi connectivity index (χ2n) is 6.15. The summed E-state index contributed by atoms with van der Waals surface area (Å²) < 4.78 is 5.79. The molecule has 0 aliphatic carbocycles. The van der Waals surface area contributed by atoms with Gasteiger partial charge >= 0.3 is 0 Å². The highest BCUT2D eigenvalue weighted by atomic mass is 16.5. The number of nitrogens with one attached hydrogen (secondary N) is 3. The lowest BCUT2D eigenvalue weighted by atomic mass is 10.0. The van der Waals surface area contributed by atoms with E-state index < -0.39 is 6.10 Å². The molecule has 1 atom stereocenters. The maximum Gasteiger partial charge on any atom is 0.237 e. The zero-order valence-electron chi connectivity index (χ0n) is 15.0. The molecule has 0 bridgehead atoms. The zero-order chi connectivity index (χ0) is 19.2. The molecule has 28 heavy (non-hydrogen) atoms. The van der Waals surface area contributed by atoms with Crippen molar-refractivity contribution in [1.82, 2.24) is 0 Å². The van der Waals surface area contributed by atoms with E-state index in [2.05, 4.69) is 21.1 Å². The van der Waals surface area contributed by atoms with E-state index in [1.807, 2.05) is 91.0 Å². The average Bonchev–Trinajstić information content (AvgIpc) is 3.08. The van der Waals surface area contributed by atoms with Crippen LogP contribution < -0.4 is 10.9 Å². The Morgan fingerprint density at radius 3 is 1.75 bits per heavy atom. The average molecular weight is 369 g/mol. The predicted molar refractivity (Wildman–Crippen MR) is 113 cm³/mol. The first kappa shape index (κ1) is 17.5. The Morgan fingerprint density at radius 2 is 1.18 bits per heavy atom. The van der Waals surface area contributed by atoms with Gasteiger partial charge in [0.15, 0.2) is 11.8 Å². The van der Waals surface area contributed by atoms with Crippen molar-refractivity contribution in [3.8, 4) is 0 Å². The van der Waals surface area contributed by atoms with Crippen LogP contribution in [0.3, 0.4) is 0 Å². The second-order valence-corrected chi connectivity index (χ2v) is 6.15. The van der Waals surface area contributed by atoms with Crippen LogP contribution in [-0.4, -0.2) is 17.3 Å². The molecule has 0 spiro atoms. The normalized spacial score (nSPS) is 18.9. The Balaban J connectivity index is 1.67. The number of nitrogens with zero attached hydrogens (tertiary/aromatic N) is 2. The molecule has 6 heteroatoms. The van der Waals surface area contributed by atoms with E-state index in [0.717, 1.165) is 16.9 Å². The van der Waals surface area contributed by atoms with E-state index in [1.54, 1.807) is 0 Å². The first-order chi connectivity index (χ1) is 13.8. The Hall–Kier alpha value is -3.93. The molecule has 0 saturated carbocycles. The van der Waals surface area contributed by atoms with Crippen LogP contribution >= 0.6 is 0 Å². The summed E-state index contributed by atoms with van der Waals surface area (Å²) in [5, 5.41) is 17.2. The van der Waals surface area contributed by atoms with Crippen LogP contribution in [0.5, 0.6) is 0 Å². The minimum absolute atomic E-state index is 0.0223. The maximum absolute atomic E-state index is 8.26. The Kier molecular flexibility index (Phi) is 5.11. The third kappa shape index (κ3) is 3.91. The van der Waals surface area contributed by atoms with Gasteiger partial charge in [0.1, 0.15) is 5.71 Å². The van der Waals surface area contributed by atoms with Gasteiger partial charge in [-0.3, -0.25) is 16.3 Å². The molecule has 138 valence electrons. The number of hydrogen-bond acceptors (Lipinski definition) is 6. The van der Waals surface area contributed by atoms with Crippen molar-refractivity contribution >= 4 is 28.7 Å². The lowest BCUT2D eigenvalue weighted by Gasteiger charge is -2.10. The summed E-state index contributed by atoms with van der Waals surface area (Å²) in [6, 6.07) is 28.9. The summed E-state index contributed by atoms with van der Waals surface area (Å²) in [6.07, 6.45) is -0.499. The number of benzene rings is 3. The quantitative estimate of drug-likeness (QED) is 0.572. The SMILES string of the molecule is N=C1O[C@H](c2ccccc2)C(=N\Nc2ccccc2)/C1=N\Nc1ccccc1. The number of ether oxygens (including phenoxy) is 1. The van der Waals surface area contributed by atoms with Crippen LogP contribution in [0.1, 0.15) is 11.7 Å². The fourth-order valence-corrected chi connectivity index (χ4v) is 2.81. The molecule has 1 aliphatic heterocycles. The van der Waals surface area contributed by atoms with E-state index in [9.17, 15) is 0 Å². The summed E-state index contributed by atoms with van der Waals surface area (Å²) in [5.41, 5.74) is 9.49. The molecular formula is C22H19N5O. The summed E-state index contributed by atoms with van der Waals surface area (Å²) in [7, 11) is 0. The minimum Gasteiger partial charge on any atom is -0.461 e. The van der Waals surface area contributed by atoms with Gasteiger partial charge in [0.2, 0.25) is 5.90 Å². The second kappa shape index (κ2) is 8.18. The van der Waals surface area contributed by atoms with Crippen molar-refractivity contribution in [3.63, 3.8) is 0 Å². The van der Waals surface area contributed by atoms with Crippen LogP contribution in [0.2, 0.25) is 0 Å². The third-order valence-corrected chi connectivity index (χ3v) is 4.19. The highest BCUT2D eigenvalue weighted by Gasteiger charge is 2.37. The molecule has 0 unspecified atom stereocenters. The van der Waals surface area contributed by atoms with Gasteiger partial charge in [0, 0.05) is 0 Å². The molecule has 1 aliphatic rings. The molecule has 0 aromatic heterocycles. The minimum atomic E-state index is -0.499. The first-order valence-electron chi connectivity index (χ1n) is 8.89. The van der Waals surface area contributed by atoms with E-state index in [0.29, 0.717) is 11.4 Å². The largest absolute Gasteiger partial charge is 0.461 e. The molecule has 0 amide bonds. The van der Waals surface area contributed by atoms with Gasteiger partial charge in [-0.05, 0) is 29.8 Å². The molecule has 1 saturated heterocycles. The van der Waals surface area contributed by atoms with Crippen LogP contribution in [0.25, 0.3) is 0 Å². The molecule has 6 nitrogen and oxygen atoms in total. The van der Waals surface area contributed by atoms with Crippen molar-refractivity contribution in [2.45, 2.75) is 6.10 Å². The van der Waals surface area contributed by atoms with Gasteiger partial charge in [-0.1, -0.05) is 66.7 Å². The molecule has 1 heterocycles. The highest BCUT2D eigenvalue weighted by Crippen LogP contribution is 2.27. The fraction of sp³-hybridized carbons (Fsp3) is 0.0455. The predicted octanol–water partition coefficient (Wildman–Crippen LogP) is 4.67. The molecule has 1 fully saturated rings. The van der Waals surface area contributed by atoms with Crippen LogP contribution in [0, 0.1) is 5.41 Å². The van der Waals surface area contributed by atoms with Crippen molar-refractivity contribution in [1.29, 1.82) is 5.41 Å². The standard InChI is InChI=1S/C22H19N5O/c23-22-20(27-25-18-14-8-3-9-15-18)19(26-24-17-12-6-2-7-13-17)21(28-22)16-10-4-1-5-11-16/h1-15,21,23-25H/b23-22?,26-19-,27-20+/t21-/m1/s1. The molecule has 4 rings (SSSR count). The Morgan fingerprint density at radius 1 is 0.679 bits per heavy atom. The lowest BCUT2D eigenvalue weighted by Crippen LogP contribution is -2.19. The number of rotatable bonds is 5. The lowest BCUT2D eigenvalue weighted by molar-refractivity contribution is 0.275. The van der Waals surface area contributed by atoms with E-state index >= 15 is 0 Å². The molecule has 0 radical (unpaired) electrons. The fourth-order valence-electron chi connectivity index (χ4n) is 2.81. The summed E-state index contributed by atoms with van der Waals surface area (Å²) in [5.74, 6) is -0.0223. The van der Waals surface area contributed by atoms with Crippen molar-refractivity contribution in [2.75, 3.05) is 10.9 Å². The van der Waals surface area contributed by atoms with Crippen molar-refractivity contribution in [2.24, 2.45) is 10.2 Å². The number of para-hydroxylation sites is 2. The molecular weight excluding hydrogens is 350 g/mol. The topological polar surface area (TPSA) is 81.9 Å². The summed E-state index contributed by atoms with van der Waals surface area (Å²) in [4.78, 5) is 0. The zero-order valence-corrected chi connectivity index (χ0v) is 15.0. The summed E-state index contributed by atoms with van der Waals surface area (Å²) in [6.45, 7) is 0. The first-order valence-corrected chi connectivity index (χ1v) is 8.89. The van der Waals surface area contributed by atoms with E-state index in [1.165, 1.54) is 0 Å². The highest BCUT2D eigenvalue weighted by molar-refractivity contribution is 6.69. The van der Waals surface area contributed by atoms with Gasteiger partial charge in [-0.25, -0.2) is 0 Å².